The molecular weight excluding hydrogens is 345 g/mol. The Kier molecular flexibility index (Phi) is 6.60. The first-order valence-electron chi connectivity index (χ1n) is 8.22. The maximum atomic E-state index is 12.8. The van der Waals surface area contributed by atoms with Crippen LogP contribution in [0.4, 0.5) is 0 Å². The molecule has 0 aliphatic carbocycles. The molecule has 2 heterocycles. The summed E-state index contributed by atoms with van der Waals surface area (Å²) in [6.07, 6.45) is 4.89. The third-order valence-corrected chi connectivity index (χ3v) is 5.75. The number of rotatable bonds is 8. The van der Waals surface area contributed by atoms with E-state index in [1.54, 1.807) is 6.20 Å². The minimum absolute atomic E-state index is 0.243. The SMILES string of the molecule is CCCNC(=O)C(Cc1cnc[nH]1)N[P+](=O)[C@@]1(N)CCCN(N)C1=O. The number of nitrogens with one attached hydrogen (secondary N) is 3. The second-order valence-electron chi connectivity index (χ2n) is 6.07. The Morgan fingerprint density at radius 2 is 2.36 bits per heavy atom. The molecule has 10 nitrogen and oxygen atoms in total. The van der Waals surface area contributed by atoms with Crippen molar-refractivity contribution in [3.63, 3.8) is 0 Å². The average molecular weight is 370 g/mol. The van der Waals surface area contributed by atoms with Crippen molar-refractivity contribution in [3.8, 4) is 0 Å². The van der Waals surface area contributed by atoms with Gasteiger partial charge in [-0.15, -0.1) is 0 Å². The fraction of sp³-hybridized carbons (Fsp3) is 0.643. The predicted octanol–water partition coefficient (Wildman–Crippen LogP) is -0.670. The number of hydrazine groups is 1. The molecule has 11 heteroatoms. The van der Waals surface area contributed by atoms with E-state index in [1.165, 1.54) is 6.33 Å². The number of carbonyl (C=O) groups is 2. The van der Waals surface area contributed by atoms with Crippen molar-refractivity contribution < 1.29 is 14.2 Å². The third kappa shape index (κ3) is 4.60. The minimum atomic E-state index is -2.40. The van der Waals surface area contributed by atoms with E-state index in [4.69, 9.17) is 11.6 Å². The summed E-state index contributed by atoms with van der Waals surface area (Å²) >= 11 is 0. The molecule has 1 aliphatic rings. The molecule has 0 radical (unpaired) electrons. The first-order chi connectivity index (χ1) is 11.9. The molecule has 0 saturated carbocycles. The molecule has 0 aromatic carbocycles. The van der Waals surface area contributed by atoms with E-state index >= 15 is 0 Å². The van der Waals surface area contributed by atoms with Crippen LogP contribution in [0.15, 0.2) is 12.5 Å². The van der Waals surface area contributed by atoms with Crippen molar-refractivity contribution in [1.29, 1.82) is 0 Å². The van der Waals surface area contributed by atoms with Gasteiger partial charge in [-0.05, 0) is 17.4 Å². The Labute approximate surface area is 146 Å². The van der Waals surface area contributed by atoms with Gasteiger partial charge in [-0.25, -0.2) is 10.8 Å². The van der Waals surface area contributed by atoms with Crippen LogP contribution in [0.25, 0.3) is 0 Å². The topological polar surface area (TPSA) is 159 Å². The number of aromatic nitrogens is 2. The molecule has 138 valence electrons. The van der Waals surface area contributed by atoms with E-state index in [1.807, 2.05) is 6.92 Å². The summed E-state index contributed by atoms with van der Waals surface area (Å²) in [7, 11) is -2.40. The smallest absolute Gasteiger partial charge is 0.355 e. The summed E-state index contributed by atoms with van der Waals surface area (Å²) in [5.74, 6) is 4.72. The van der Waals surface area contributed by atoms with E-state index in [0.717, 1.165) is 11.4 Å². The maximum absolute atomic E-state index is 12.8. The van der Waals surface area contributed by atoms with Gasteiger partial charge < -0.3 is 10.3 Å². The quantitative estimate of drug-likeness (QED) is 0.230. The van der Waals surface area contributed by atoms with Gasteiger partial charge in [0.2, 0.25) is 5.91 Å². The number of hydrogen-bond acceptors (Lipinski definition) is 6. The lowest BCUT2D eigenvalue weighted by atomic mass is 10.1. The Bertz CT molecular complexity index is 624. The van der Waals surface area contributed by atoms with Crippen LogP contribution in [0, 0.1) is 0 Å². The van der Waals surface area contributed by atoms with Gasteiger partial charge in [0, 0.05) is 37.8 Å². The van der Waals surface area contributed by atoms with Crippen LogP contribution < -0.4 is 22.0 Å². The van der Waals surface area contributed by atoms with Crippen molar-refractivity contribution in [1.82, 2.24) is 25.4 Å². The molecule has 3 atom stereocenters. The molecule has 1 saturated heterocycles. The summed E-state index contributed by atoms with van der Waals surface area (Å²) in [4.78, 5) is 31.5. The molecule has 0 spiro atoms. The third-order valence-electron chi connectivity index (χ3n) is 4.07. The van der Waals surface area contributed by atoms with Gasteiger partial charge in [-0.2, -0.15) is 0 Å². The van der Waals surface area contributed by atoms with Gasteiger partial charge in [0.1, 0.15) is 6.04 Å². The summed E-state index contributed by atoms with van der Waals surface area (Å²) in [6, 6.07) is -0.808. The standard InChI is InChI=1S/C14H24N7O3P/c1-2-5-18-12(22)11(7-10-8-17-9-19-10)20-25(24)14(15)4-3-6-21(16)13(14)23/h8-9,11H,2-7,15-16H2,1H3,(H2-,17,18,19,20,22,24)/p+1/t11?,14-/m0/s1. The second-order valence-corrected chi connectivity index (χ2v) is 7.72. The van der Waals surface area contributed by atoms with Gasteiger partial charge in [0.05, 0.1) is 6.33 Å². The summed E-state index contributed by atoms with van der Waals surface area (Å²) in [6.45, 7) is 2.80. The number of nitrogens with zero attached hydrogens (tertiary/aromatic N) is 2. The van der Waals surface area contributed by atoms with Crippen LogP contribution in [0.3, 0.4) is 0 Å². The number of H-pyrrole nitrogens is 1. The van der Waals surface area contributed by atoms with Crippen molar-refractivity contribution in [3.05, 3.63) is 18.2 Å². The van der Waals surface area contributed by atoms with Crippen LogP contribution >= 0.6 is 7.95 Å². The summed E-state index contributed by atoms with van der Waals surface area (Å²) in [5.41, 5.74) is 6.79. The number of piperidine rings is 1. The minimum Gasteiger partial charge on any atom is -0.355 e. The zero-order valence-corrected chi connectivity index (χ0v) is 15.1. The summed E-state index contributed by atoms with van der Waals surface area (Å²) in [5, 5.41) is 4.88. The number of aromatic amines is 1. The van der Waals surface area contributed by atoms with E-state index in [0.29, 0.717) is 25.2 Å². The van der Waals surface area contributed by atoms with Crippen molar-refractivity contribution in [2.45, 2.75) is 43.9 Å². The van der Waals surface area contributed by atoms with Gasteiger partial charge in [0.25, 0.3) is 0 Å². The number of nitrogens with two attached hydrogens (primary N) is 2. The largest absolute Gasteiger partial charge is 0.465 e. The molecule has 1 aliphatic heterocycles. The molecule has 0 bridgehead atoms. The fourth-order valence-corrected chi connectivity index (χ4v) is 3.99. The Hall–Kier alpha value is -1.87. The zero-order valence-electron chi connectivity index (χ0n) is 14.2. The normalized spacial score (nSPS) is 22.6. The van der Waals surface area contributed by atoms with Crippen molar-refractivity contribution in [2.75, 3.05) is 13.1 Å². The van der Waals surface area contributed by atoms with Gasteiger partial charge in [-0.3, -0.25) is 20.3 Å². The van der Waals surface area contributed by atoms with Crippen LogP contribution in [-0.2, 0) is 20.6 Å². The predicted molar refractivity (Wildman–Crippen MR) is 92.2 cm³/mol. The van der Waals surface area contributed by atoms with Crippen LogP contribution in [0.1, 0.15) is 31.9 Å². The monoisotopic (exact) mass is 370 g/mol. The number of hydrogen-bond donors (Lipinski definition) is 5. The highest BCUT2D eigenvalue weighted by Crippen LogP contribution is 2.39. The van der Waals surface area contributed by atoms with Gasteiger partial charge in [-0.1, -0.05) is 12.0 Å². The average Bonchev–Trinajstić information content (AvgIpc) is 3.09. The number of imidazole rings is 1. The van der Waals surface area contributed by atoms with Crippen LogP contribution in [0.2, 0.25) is 0 Å². The van der Waals surface area contributed by atoms with Gasteiger partial charge in [0.15, 0.2) is 0 Å². The highest BCUT2D eigenvalue weighted by atomic mass is 31.1. The molecule has 2 unspecified atom stereocenters. The van der Waals surface area contributed by atoms with Crippen LogP contribution in [-0.4, -0.2) is 51.2 Å². The van der Waals surface area contributed by atoms with E-state index in [9.17, 15) is 14.2 Å². The van der Waals surface area contributed by atoms with E-state index in [2.05, 4.69) is 20.4 Å². The molecular formula is C14H25N7O3P+. The Balaban J connectivity index is 2.12. The van der Waals surface area contributed by atoms with E-state index < -0.39 is 25.2 Å². The lowest BCUT2D eigenvalue weighted by Crippen LogP contribution is -2.60. The lowest BCUT2D eigenvalue weighted by molar-refractivity contribution is -0.137. The number of amides is 2. The molecule has 2 amide bonds. The molecule has 1 aromatic rings. The molecule has 7 N–H and O–H groups in total. The Morgan fingerprint density at radius 1 is 1.60 bits per heavy atom. The summed E-state index contributed by atoms with van der Waals surface area (Å²) < 4.78 is 12.8. The lowest BCUT2D eigenvalue weighted by Gasteiger charge is -2.29. The van der Waals surface area contributed by atoms with Crippen molar-refractivity contribution in [2.24, 2.45) is 11.6 Å². The molecule has 1 fully saturated rings. The maximum Gasteiger partial charge on any atom is 0.465 e. The van der Waals surface area contributed by atoms with E-state index in [-0.39, 0.29) is 18.7 Å². The Morgan fingerprint density at radius 3 is 3.00 bits per heavy atom. The zero-order chi connectivity index (χ0) is 18.4. The number of carbonyl (C=O) groups excluding carboxylic acids is 2. The fourth-order valence-electron chi connectivity index (χ4n) is 2.61. The first kappa shape index (κ1) is 19.5. The molecule has 1 aromatic heterocycles. The highest BCUT2D eigenvalue weighted by Gasteiger charge is 2.57. The molecule has 25 heavy (non-hydrogen) atoms. The van der Waals surface area contributed by atoms with Crippen molar-refractivity contribution >= 4 is 19.8 Å². The first-order valence-corrected chi connectivity index (χ1v) is 9.48. The van der Waals surface area contributed by atoms with Crippen LogP contribution in [0.5, 0.6) is 0 Å². The van der Waals surface area contributed by atoms with Gasteiger partial charge >= 0.3 is 19.1 Å². The highest BCUT2D eigenvalue weighted by molar-refractivity contribution is 7.45. The molecule has 2 rings (SSSR count). The second kappa shape index (κ2) is 8.48.